The molecule has 1 N–H and O–H groups in total. The third-order valence-corrected chi connectivity index (χ3v) is 7.32. The number of amides is 1. The summed E-state index contributed by atoms with van der Waals surface area (Å²) < 4.78 is 34.3. The van der Waals surface area contributed by atoms with Gasteiger partial charge in [-0.1, -0.05) is 18.2 Å². The predicted octanol–water partition coefficient (Wildman–Crippen LogP) is 4.23. The van der Waals surface area contributed by atoms with Crippen molar-refractivity contribution in [3.8, 4) is 11.3 Å². The van der Waals surface area contributed by atoms with Crippen molar-refractivity contribution < 1.29 is 13.4 Å². The zero-order valence-electron chi connectivity index (χ0n) is 17.1. The van der Waals surface area contributed by atoms with E-state index in [1.165, 1.54) is 24.0 Å². The van der Waals surface area contributed by atoms with Gasteiger partial charge in [-0.3, -0.25) is 9.78 Å². The lowest BCUT2D eigenvalue weighted by molar-refractivity contribution is -0.122. The van der Waals surface area contributed by atoms with E-state index in [4.69, 9.17) is 4.78 Å². The molecule has 2 heterocycles. The van der Waals surface area contributed by atoms with Gasteiger partial charge in [0.05, 0.1) is 20.3 Å². The largest absolute Gasteiger partial charge is 0.312 e. The molecule has 7 heteroatoms. The Kier molecular flexibility index (Phi) is 4.66. The Bertz CT molecular complexity index is 1310. The highest BCUT2D eigenvalue weighted by molar-refractivity contribution is 7.91. The van der Waals surface area contributed by atoms with Gasteiger partial charge in [0.25, 0.3) is 0 Å². The number of anilines is 1. The molecule has 0 unspecified atom stereocenters. The van der Waals surface area contributed by atoms with Gasteiger partial charge in [-0.15, -0.1) is 0 Å². The molecule has 5 rings (SSSR count). The van der Waals surface area contributed by atoms with Crippen molar-refractivity contribution >= 4 is 21.3 Å². The maximum Gasteiger partial charge on any atom is 0.230 e. The van der Waals surface area contributed by atoms with Crippen LogP contribution < -0.4 is 4.90 Å². The molecular formula is C24H22FN3O2S. The van der Waals surface area contributed by atoms with Crippen LogP contribution in [0, 0.1) is 16.5 Å². The molecule has 31 heavy (non-hydrogen) atoms. The van der Waals surface area contributed by atoms with E-state index in [0.717, 1.165) is 22.4 Å². The van der Waals surface area contributed by atoms with E-state index in [1.54, 1.807) is 11.1 Å². The van der Waals surface area contributed by atoms with Gasteiger partial charge in [0.2, 0.25) is 5.91 Å². The maximum atomic E-state index is 14.3. The summed E-state index contributed by atoms with van der Waals surface area (Å²) in [6.07, 6.45) is 4.84. The number of nitrogens with zero attached hydrogens (tertiary/aromatic N) is 2. The number of hydrogen-bond acceptors (Lipinski definition) is 4. The second kappa shape index (κ2) is 7.27. The van der Waals surface area contributed by atoms with E-state index < -0.39 is 15.5 Å². The first kappa shape index (κ1) is 19.9. The van der Waals surface area contributed by atoms with Crippen molar-refractivity contribution in [3.63, 3.8) is 0 Å². The lowest BCUT2D eigenvalue weighted by Crippen LogP contribution is -2.35. The van der Waals surface area contributed by atoms with E-state index >= 15 is 0 Å². The number of carbonyl (C=O) groups excluding carboxylic acids is 1. The first-order chi connectivity index (χ1) is 14.8. The van der Waals surface area contributed by atoms with Crippen LogP contribution in [-0.2, 0) is 33.8 Å². The van der Waals surface area contributed by atoms with Gasteiger partial charge >= 0.3 is 0 Å². The fraction of sp³-hybridized carbons (Fsp3) is 0.250. The zero-order valence-corrected chi connectivity index (χ0v) is 17.9. The Morgan fingerprint density at radius 1 is 1.13 bits per heavy atom. The Labute approximate surface area is 180 Å². The number of carbonyl (C=O) groups is 1. The van der Waals surface area contributed by atoms with Gasteiger partial charge < -0.3 is 4.90 Å². The highest BCUT2D eigenvalue weighted by Crippen LogP contribution is 2.37. The normalized spacial score (nSPS) is 19.0. The first-order valence-corrected chi connectivity index (χ1v) is 12.2. The Balaban J connectivity index is 1.41. The lowest BCUT2D eigenvalue weighted by atomic mass is 10.0. The monoisotopic (exact) mass is 435 g/mol. The molecule has 0 radical (unpaired) electrons. The third kappa shape index (κ3) is 3.53. The molecule has 1 aliphatic heterocycles. The standard InChI is InChI=1S/C24H22FN3O2S/c1-31(26,30)23-14-22-17(13-20(23)25)7-9-28(22)24(29)19-10-15-5-6-16(11-18(15)12-19)21-4-2-3-8-27-21/h2-6,8,11,13-14,19,26H,7,9-10,12H2,1H3/t19-,31-/m1/s1. The number of halogens is 1. The minimum atomic E-state index is -3.22. The molecule has 1 amide bonds. The van der Waals surface area contributed by atoms with Crippen molar-refractivity contribution in [2.45, 2.75) is 24.2 Å². The second-order valence-corrected chi connectivity index (χ2v) is 10.4. The first-order valence-electron chi connectivity index (χ1n) is 10.2. The Hall–Kier alpha value is -3.06. The van der Waals surface area contributed by atoms with Crippen LogP contribution in [0.4, 0.5) is 10.1 Å². The van der Waals surface area contributed by atoms with Crippen LogP contribution in [0.2, 0.25) is 0 Å². The summed E-state index contributed by atoms with van der Waals surface area (Å²) in [5.41, 5.74) is 5.58. The molecule has 0 saturated carbocycles. The van der Waals surface area contributed by atoms with E-state index in [9.17, 15) is 13.4 Å². The summed E-state index contributed by atoms with van der Waals surface area (Å²) in [6, 6.07) is 14.8. The second-order valence-electron chi connectivity index (χ2n) is 8.30. The van der Waals surface area contributed by atoms with Gasteiger partial charge in [-0.25, -0.2) is 13.4 Å². The molecule has 0 bridgehead atoms. The van der Waals surface area contributed by atoms with Gasteiger partial charge in [0.15, 0.2) is 0 Å². The fourth-order valence-corrected chi connectivity index (χ4v) is 5.39. The zero-order chi connectivity index (χ0) is 21.8. The highest BCUT2D eigenvalue weighted by atomic mass is 32.2. The van der Waals surface area contributed by atoms with Crippen molar-refractivity contribution in [1.29, 1.82) is 4.78 Å². The van der Waals surface area contributed by atoms with Crippen LogP contribution in [0.3, 0.4) is 0 Å². The predicted molar refractivity (Wildman–Crippen MR) is 118 cm³/mol. The summed E-state index contributed by atoms with van der Waals surface area (Å²) in [6.45, 7) is 0.478. The van der Waals surface area contributed by atoms with E-state index in [2.05, 4.69) is 17.1 Å². The van der Waals surface area contributed by atoms with Crippen LogP contribution in [0.15, 0.2) is 59.6 Å². The smallest absolute Gasteiger partial charge is 0.230 e. The third-order valence-electron chi connectivity index (χ3n) is 6.16. The maximum absolute atomic E-state index is 14.3. The molecule has 0 fully saturated rings. The van der Waals surface area contributed by atoms with Gasteiger partial charge in [-0.05, 0) is 66.3 Å². The van der Waals surface area contributed by atoms with Crippen LogP contribution in [-0.4, -0.2) is 27.9 Å². The molecule has 2 aromatic carbocycles. The van der Waals surface area contributed by atoms with Gasteiger partial charge in [0.1, 0.15) is 5.82 Å². The van der Waals surface area contributed by atoms with Crippen molar-refractivity contribution in [1.82, 2.24) is 4.98 Å². The number of fused-ring (bicyclic) bond motifs is 2. The van der Waals surface area contributed by atoms with Gasteiger partial charge in [-0.2, -0.15) is 0 Å². The number of aromatic nitrogens is 1. The lowest BCUT2D eigenvalue weighted by Gasteiger charge is -2.22. The summed E-state index contributed by atoms with van der Waals surface area (Å²) >= 11 is 0. The summed E-state index contributed by atoms with van der Waals surface area (Å²) in [4.78, 5) is 19.3. The molecule has 3 aromatic rings. The minimum absolute atomic E-state index is 0.000484. The molecule has 2 atom stereocenters. The van der Waals surface area contributed by atoms with E-state index in [-0.39, 0.29) is 16.7 Å². The molecule has 1 aliphatic carbocycles. The molecular weight excluding hydrogens is 413 g/mol. The summed E-state index contributed by atoms with van der Waals surface area (Å²) in [7, 11) is -3.22. The van der Waals surface area contributed by atoms with Crippen LogP contribution in [0.5, 0.6) is 0 Å². The molecule has 1 aromatic heterocycles. The molecule has 2 aliphatic rings. The Morgan fingerprint density at radius 2 is 1.94 bits per heavy atom. The summed E-state index contributed by atoms with van der Waals surface area (Å²) in [5, 5.41) is 0. The number of hydrogen-bond donors (Lipinski definition) is 1. The molecule has 0 spiro atoms. The number of nitrogens with one attached hydrogen (secondary N) is 1. The van der Waals surface area contributed by atoms with Crippen molar-refractivity contribution in [2.75, 3.05) is 17.7 Å². The van der Waals surface area contributed by atoms with Crippen molar-refractivity contribution in [3.05, 3.63) is 77.2 Å². The van der Waals surface area contributed by atoms with E-state index in [0.29, 0.717) is 31.5 Å². The highest BCUT2D eigenvalue weighted by Gasteiger charge is 2.35. The van der Waals surface area contributed by atoms with Crippen LogP contribution in [0.25, 0.3) is 11.3 Å². The number of rotatable bonds is 3. The SMILES string of the molecule is C[S@@](=N)(=O)c1cc2c(cc1F)CCN2C(=O)[C@@H]1Cc2ccc(-c3ccccn3)cc2C1. The molecule has 158 valence electrons. The van der Waals surface area contributed by atoms with E-state index in [1.807, 2.05) is 24.3 Å². The number of pyridine rings is 1. The van der Waals surface area contributed by atoms with Crippen molar-refractivity contribution in [2.24, 2.45) is 5.92 Å². The van der Waals surface area contributed by atoms with Crippen LogP contribution >= 0.6 is 0 Å². The van der Waals surface area contributed by atoms with Gasteiger partial charge in [0, 0.05) is 36.2 Å². The number of benzene rings is 2. The topological polar surface area (TPSA) is 74.1 Å². The van der Waals surface area contributed by atoms with Crippen LogP contribution in [0.1, 0.15) is 16.7 Å². The fourth-order valence-electron chi connectivity index (χ4n) is 4.62. The average molecular weight is 436 g/mol. The molecule has 5 nitrogen and oxygen atoms in total. The minimum Gasteiger partial charge on any atom is -0.312 e. The quantitative estimate of drug-likeness (QED) is 0.669. The summed E-state index contributed by atoms with van der Waals surface area (Å²) in [5.74, 6) is -0.819. The molecule has 0 saturated heterocycles. The average Bonchev–Trinajstić information content (AvgIpc) is 3.35. The Morgan fingerprint density at radius 3 is 2.68 bits per heavy atom.